The second-order valence-corrected chi connectivity index (χ2v) is 3.33. The van der Waals surface area contributed by atoms with Gasteiger partial charge in [0.25, 0.3) is 0 Å². The Kier molecular flexibility index (Phi) is 2.41. The number of hydrogen-bond acceptors (Lipinski definition) is 4. The zero-order valence-corrected chi connectivity index (χ0v) is 8.61. The van der Waals surface area contributed by atoms with Gasteiger partial charge in [0.2, 0.25) is 5.89 Å². The highest BCUT2D eigenvalue weighted by atomic mass is 16.5. The van der Waals surface area contributed by atoms with Gasteiger partial charge >= 0.3 is 5.97 Å². The van der Waals surface area contributed by atoms with Crippen molar-refractivity contribution in [1.29, 1.82) is 0 Å². The molecular weight excluding hydrogens is 194 g/mol. The lowest BCUT2D eigenvalue weighted by molar-refractivity contribution is -0.140. The summed E-state index contributed by atoms with van der Waals surface area (Å²) < 4.78 is 9.92. The number of oxazole rings is 1. The van der Waals surface area contributed by atoms with E-state index in [4.69, 9.17) is 4.42 Å². The molecule has 15 heavy (non-hydrogen) atoms. The van der Waals surface area contributed by atoms with Crippen LogP contribution < -0.4 is 0 Å². The molecule has 2 rings (SSSR count). The van der Waals surface area contributed by atoms with Gasteiger partial charge in [-0.1, -0.05) is 6.07 Å². The van der Waals surface area contributed by atoms with Crippen molar-refractivity contribution < 1.29 is 13.9 Å². The fourth-order valence-electron chi connectivity index (χ4n) is 1.36. The number of ether oxygens (including phenoxy) is 1. The maximum Gasteiger partial charge on any atom is 0.314 e. The number of aromatic nitrogens is 1. The number of fused-ring (bicyclic) bond motifs is 1. The van der Waals surface area contributed by atoms with Gasteiger partial charge in [-0.15, -0.1) is 0 Å². The fraction of sp³-hybridized carbons (Fsp3) is 0.273. The highest BCUT2D eigenvalue weighted by Crippen LogP contribution is 2.17. The van der Waals surface area contributed by atoms with Crippen molar-refractivity contribution in [3.63, 3.8) is 0 Å². The van der Waals surface area contributed by atoms with Crippen molar-refractivity contribution in [3.05, 3.63) is 29.7 Å². The molecule has 4 nitrogen and oxygen atoms in total. The van der Waals surface area contributed by atoms with Crippen LogP contribution in [0, 0.1) is 6.92 Å². The first-order chi connectivity index (χ1) is 7.19. The van der Waals surface area contributed by atoms with E-state index >= 15 is 0 Å². The van der Waals surface area contributed by atoms with Gasteiger partial charge in [-0.25, -0.2) is 4.98 Å². The molecule has 78 valence electrons. The Morgan fingerprint density at radius 2 is 2.33 bits per heavy atom. The van der Waals surface area contributed by atoms with Gasteiger partial charge in [-0.05, 0) is 24.6 Å². The van der Waals surface area contributed by atoms with Gasteiger partial charge in [0.1, 0.15) is 11.9 Å². The molecule has 0 radical (unpaired) electrons. The topological polar surface area (TPSA) is 52.3 Å². The van der Waals surface area contributed by atoms with Crippen LogP contribution in [0.5, 0.6) is 0 Å². The van der Waals surface area contributed by atoms with Crippen molar-refractivity contribution in [2.24, 2.45) is 0 Å². The lowest BCUT2D eigenvalue weighted by Gasteiger charge is -1.92. The quantitative estimate of drug-likeness (QED) is 0.702. The number of carbonyl (C=O) groups is 1. The van der Waals surface area contributed by atoms with Crippen LogP contribution in [0.15, 0.2) is 22.6 Å². The summed E-state index contributed by atoms with van der Waals surface area (Å²) in [4.78, 5) is 15.2. The van der Waals surface area contributed by atoms with Gasteiger partial charge in [0.05, 0.1) is 7.11 Å². The maximum atomic E-state index is 11.0. The number of carbonyl (C=O) groups excluding carboxylic acids is 1. The average molecular weight is 205 g/mol. The third-order valence-electron chi connectivity index (χ3n) is 2.11. The van der Waals surface area contributed by atoms with Crippen LogP contribution >= 0.6 is 0 Å². The highest BCUT2D eigenvalue weighted by Gasteiger charge is 2.10. The molecule has 0 fully saturated rings. The number of hydrogen-bond donors (Lipinski definition) is 0. The van der Waals surface area contributed by atoms with Crippen LogP contribution in [0.1, 0.15) is 11.5 Å². The summed E-state index contributed by atoms with van der Waals surface area (Å²) in [6.07, 6.45) is 0.0736. The number of rotatable bonds is 2. The summed E-state index contributed by atoms with van der Waals surface area (Å²) >= 11 is 0. The Hall–Kier alpha value is -1.84. The van der Waals surface area contributed by atoms with Crippen LogP contribution in [-0.2, 0) is 16.0 Å². The minimum atomic E-state index is -0.349. The molecule has 0 spiro atoms. The van der Waals surface area contributed by atoms with E-state index in [0.29, 0.717) is 11.5 Å². The predicted octanol–water partition coefficient (Wildman–Crippen LogP) is 1.85. The van der Waals surface area contributed by atoms with Crippen LogP contribution in [-0.4, -0.2) is 18.1 Å². The second kappa shape index (κ2) is 3.73. The molecule has 0 aliphatic rings. The third-order valence-corrected chi connectivity index (χ3v) is 2.11. The number of methoxy groups -OCH3 is 1. The molecule has 0 atom stereocenters. The molecule has 1 aromatic carbocycles. The SMILES string of the molecule is COC(=O)Cc1nc2cc(C)ccc2o1. The van der Waals surface area contributed by atoms with Crippen molar-refractivity contribution in [2.75, 3.05) is 7.11 Å². The number of benzene rings is 1. The van der Waals surface area contributed by atoms with E-state index in [1.54, 1.807) is 0 Å². The molecule has 0 unspecified atom stereocenters. The minimum absolute atomic E-state index is 0.0736. The molecule has 0 saturated carbocycles. The zero-order chi connectivity index (χ0) is 10.8. The molecule has 0 saturated heterocycles. The van der Waals surface area contributed by atoms with Gasteiger partial charge in [0, 0.05) is 0 Å². The Morgan fingerprint density at radius 1 is 1.53 bits per heavy atom. The molecule has 4 heteroatoms. The van der Waals surface area contributed by atoms with Crippen molar-refractivity contribution in [3.8, 4) is 0 Å². The van der Waals surface area contributed by atoms with E-state index in [0.717, 1.165) is 11.1 Å². The average Bonchev–Trinajstić information content (AvgIpc) is 2.59. The second-order valence-electron chi connectivity index (χ2n) is 3.33. The van der Waals surface area contributed by atoms with Crippen LogP contribution in [0.4, 0.5) is 0 Å². The van der Waals surface area contributed by atoms with Crippen molar-refractivity contribution >= 4 is 17.1 Å². The van der Waals surface area contributed by atoms with E-state index < -0.39 is 0 Å². The summed E-state index contributed by atoms with van der Waals surface area (Å²) in [7, 11) is 1.34. The first kappa shape index (κ1) is 9.71. The van der Waals surface area contributed by atoms with E-state index in [9.17, 15) is 4.79 Å². The molecule has 0 N–H and O–H groups in total. The summed E-state index contributed by atoms with van der Waals surface area (Å²) in [6.45, 7) is 1.98. The largest absolute Gasteiger partial charge is 0.469 e. The van der Waals surface area contributed by atoms with Crippen LogP contribution in [0.25, 0.3) is 11.1 Å². The van der Waals surface area contributed by atoms with Gasteiger partial charge in [0.15, 0.2) is 5.58 Å². The van der Waals surface area contributed by atoms with Crippen molar-refractivity contribution in [2.45, 2.75) is 13.3 Å². The van der Waals surface area contributed by atoms with E-state index in [-0.39, 0.29) is 12.4 Å². The van der Waals surface area contributed by atoms with Gasteiger partial charge in [-0.3, -0.25) is 4.79 Å². The summed E-state index contributed by atoms with van der Waals surface area (Å²) in [5, 5.41) is 0. The third kappa shape index (κ3) is 1.98. The van der Waals surface area contributed by atoms with Crippen molar-refractivity contribution in [1.82, 2.24) is 4.98 Å². The molecule has 1 aromatic heterocycles. The summed E-state index contributed by atoms with van der Waals surface area (Å²) in [5.41, 5.74) is 2.58. The smallest absolute Gasteiger partial charge is 0.314 e. The molecular formula is C11H11NO3. The monoisotopic (exact) mass is 205 g/mol. The number of nitrogens with zero attached hydrogens (tertiary/aromatic N) is 1. The minimum Gasteiger partial charge on any atom is -0.469 e. The number of aryl methyl sites for hydroxylation is 1. The Morgan fingerprint density at radius 3 is 3.07 bits per heavy atom. The maximum absolute atomic E-state index is 11.0. The normalized spacial score (nSPS) is 10.5. The Bertz CT molecular complexity index is 502. The van der Waals surface area contributed by atoms with Gasteiger partial charge < -0.3 is 9.15 Å². The lowest BCUT2D eigenvalue weighted by atomic mass is 10.2. The fourth-order valence-corrected chi connectivity index (χ4v) is 1.36. The van der Waals surface area contributed by atoms with Gasteiger partial charge in [-0.2, -0.15) is 0 Å². The molecule has 0 aliphatic heterocycles. The molecule has 1 heterocycles. The summed E-state index contributed by atoms with van der Waals surface area (Å²) in [5.74, 6) is 0.0423. The van der Waals surface area contributed by atoms with E-state index in [2.05, 4.69) is 9.72 Å². The molecule has 2 aromatic rings. The zero-order valence-electron chi connectivity index (χ0n) is 8.61. The molecule has 0 bridgehead atoms. The standard InChI is InChI=1S/C11H11NO3/c1-7-3-4-9-8(5-7)12-10(15-9)6-11(13)14-2/h3-5H,6H2,1-2H3. The first-order valence-electron chi connectivity index (χ1n) is 4.62. The Labute approximate surface area is 86.9 Å². The lowest BCUT2D eigenvalue weighted by Crippen LogP contribution is -2.04. The molecule has 0 amide bonds. The van der Waals surface area contributed by atoms with E-state index in [1.807, 2.05) is 25.1 Å². The molecule has 0 aliphatic carbocycles. The predicted molar refractivity (Wildman–Crippen MR) is 54.5 cm³/mol. The van der Waals surface area contributed by atoms with E-state index in [1.165, 1.54) is 7.11 Å². The Balaban J connectivity index is 2.34. The first-order valence-corrected chi connectivity index (χ1v) is 4.62. The highest BCUT2D eigenvalue weighted by molar-refractivity contribution is 5.76. The summed E-state index contributed by atoms with van der Waals surface area (Å²) in [6, 6.07) is 5.70. The van der Waals surface area contributed by atoms with Crippen LogP contribution in [0.3, 0.4) is 0 Å². The van der Waals surface area contributed by atoms with Crippen LogP contribution in [0.2, 0.25) is 0 Å². The number of esters is 1.